The third kappa shape index (κ3) is 8.17. The normalized spacial score (nSPS) is 12.1. The van der Waals surface area contributed by atoms with Gasteiger partial charge < -0.3 is 10.5 Å². The van der Waals surface area contributed by atoms with Crippen LogP contribution in [0.5, 0.6) is 5.75 Å². The molecule has 1 unspecified atom stereocenters. The Kier molecular flexibility index (Phi) is 10.4. The van der Waals surface area contributed by atoms with Crippen LogP contribution < -0.4 is 10.5 Å². The predicted octanol–water partition coefficient (Wildman–Crippen LogP) is 5.01. The van der Waals surface area contributed by atoms with E-state index >= 15 is 0 Å². The second-order valence-corrected chi connectivity index (χ2v) is 6.30. The molecule has 0 fully saturated rings. The first kappa shape index (κ1) is 19.7. The van der Waals surface area contributed by atoms with Crippen LogP contribution in [-0.2, 0) is 11.2 Å². The van der Waals surface area contributed by atoms with Crippen LogP contribution in [0, 0.1) is 0 Å². The zero-order valence-electron chi connectivity index (χ0n) is 14.9. The molecule has 3 heteroatoms. The van der Waals surface area contributed by atoms with Gasteiger partial charge in [-0.1, -0.05) is 77.0 Å². The second kappa shape index (κ2) is 12.1. The van der Waals surface area contributed by atoms with E-state index in [9.17, 15) is 4.79 Å². The summed E-state index contributed by atoms with van der Waals surface area (Å²) < 4.78 is 5.55. The number of benzene rings is 1. The summed E-state index contributed by atoms with van der Waals surface area (Å²) in [6.07, 6.45) is 11.1. The molecule has 1 rings (SSSR count). The highest BCUT2D eigenvalue weighted by Crippen LogP contribution is 2.21. The van der Waals surface area contributed by atoms with Gasteiger partial charge in [0.1, 0.15) is 11.8 Å². The Balaban J connectivity index is 2.47. The lowest BCUT2D eigenvalue weighted by atomic mass is 10.0. The van der Waals surface area contributed by atoms with E-state index < -0.39 is 6.04 Å². The minimum Gasteiger partial charge on any atom is -0.425 e. The van der Waals surface area contributed by atoms with Gasteiger partial charge in [-0.25, -0.2) is 4.79 Å². The Morgan fingerprint density at radius 1 is 1.00 bits per heavy atom. The van der Waals surface area contributed by atoms with E-state index in [-0.39, 0.29) is 5.97 Å². The van der Waals surface area contributed by atoms with Gasteiger partial charge in [-0.3, -0.25) is 0 Å². The zero-order valence-corrected chi connectivity index (χ0v) is 14.9. The van der Waals surface area contributed by atoms with Crippen LogP contribution in [0.25, 0.3) is 0 Å². The van der Waals surface area contributed by atoms with Gasteiger partial charge in [0.05, 0.1) is 0 Å². The number of ether oxygens (including phenoxy) is 1. The number of nitrogens with two attached hydrogens (primary N) is 1. The zero-order chi connectivity index (χ0) is 16.9. The van der Waals surface area contributed by atoms with E-state index in [2.05, 4.69) is 13.8 Å². The molecule has 2 N–H and O–H groups in total. The Hall–Kier alpha value is -1.35. The van der Waals surface area contributed by atoms with Crippen LogP contribution in [0.15, 0.2) is 24.3 Å². The van der Waals surface area contributed by atoms with Gasteiger partial charge in [-0.15, -0.1) is 0 Å². The molecule has 0 amide bonds. The van der Waals surface area contributed by atoms with E-state index in [0.29, 0.717) is 12.2 Å². The van der Waals surface area contributed by atoms with E-state index in [1.807, 2.05) is 24.3 Å². The summed E-state index contributed by atoms with van der Waals surface area (Å²) in [5.74, 6) is 0.374. The Labute approximate surface area is 141 Å². The topological polar surface area (TPSA) is 52.3 Å². The second-order valence-electron chi connectivity index (χ2n) is 6.30. The average molecular weight is 319 g/mol. The fraction of sp³-hybridized carbons (Fsp3) is 0.650. The first-order valence-corrected chi connectivity index (χ1v) is 9.24. The van der Waals surface area contributed by atoms with Crippen LogP contribution in [0.1, 0.15) is 77.2 Å². The maximum atomic E-state index is 12.1. The fourth-order valence-electron chi connectivity index (χ4n) is 2.65. The molecule has 1 aromatic carbocycles. The van der Waals surface area contributed by atoms with Gasteiger partial charge in [-0.05, 0) is 30.9 Å². The van der Waals surface area contributed by atoms with Crippen LogP contribution in [0.2, 0.25) is 0 Å². The van der Waals surface area contributed by atoms with Gasteiger partial charge in [-0.2, -0.15) is 0 Å². The SMILES string of the molecule is CCCCCCCc1ccccc1OC(=O)C(N)CCCCC. The van der Waals surface area contributed by atoms with E-state index in [1.54, 1.807) is 0 Å². The standard InChI is InChI=1S/C20H33NO2/c1-3-5-7-8-10-13-17-14-11-12-16-19(17)23-20(22)18(21)15-9-6-4-2/h11-12,14,16,18H,3-10,13,15,21H2,1-2H3. The number of hydrogen-bond acceptors (Lipinski definition) is 3. The van der Waals surface area contributed by atoms with E-state index in [0.717, 1.165) is 37.7 Å². The van der Waals surface area contributed by atoms with Crippen LogP contribution in [0.3, 0.4) is 0 Å². The van der Waals surface area contributed by atoms with Crippen molar-refractivity contribution in [2.24, 2.45) is 5.73 Å². The molecular weight excluding hydrogens is 286 g/mol. The summed E-state index contributed by atoms with van der Waals surface area (Å²) >= 11 is 0. The predicted molar refractivity (Wildman–Crippen MR) is 96.7 cm³/mol. The molecule has 1 atom stereocenters. The van der Waals surface area contributed by atoms with E-state index in [1.165, 1.54) is 25.7 Å². The molecule has 1 aromatic rings. The van der Waals surface area contributed by atoms with E-state index in [4.69, 9.17) is 10.5 Å². The lowest BCUT2D eigenvalue weighted by molar-refractivity contribution is -0.136. The summed E-state index contributed by atoms with van der Waals surface area (Å²) in [5, 5.41) is 0. The Morgan fingerprint density at radius 3 is 2.39 bits per heavy atom. The van der Waals surface area contributed by atoms with Gasteiger partial charge in [0.25, 0.3) is 0 Å². The van der Waals surface area contributed by atoms with Crippen molar-refractivity contribution in [3.63, 3.8) is 0 Å². The minimum absolute atomic E-state index is 0.306. The average Bonchev–Trinajstić information content (AvgIpc) is 2.56. The lowest BCUT2D eigenvalue weighted by Crippen LogP contribution is -2.34. The van der Waals surface area contributed by atoms with Crippen LogP contribution >= 0.6 is 0 Å². The summed E-state index contributed by atoms with van der Waals surface area (Å²) in [5.41, 5.74) is 7.05. The molecule has 0 saturated heterocycles. The number of carbonyl (C=O) groups excluding carboxylic acids is 1. The molecule has 0 bridgehead atoms. The van der Waals surface area contributed by atoms with Crippen molar-refractivity contribution in [1.29, 1.82) is 0 Å². The van der Waals surface area contributed by atoms with Gasteiger partial charge in [0.2, 0.25) is 0 Å². The molecule has 3 nitrogen and oxygen atoms in total. The number of aryl methyl sites for hydroxylation is 1. The van der Waals surface area contributed by atoms with Crippen molar-refractivity contribution < 1.29 is 9.53 Å². The molecule has 0 aliphatic heterocycles. The van der Waals surface area contributed by atoms with Crippen molar-refractivity contribution in [1.82, 2.24) is 0 Å². The molecule has 0 heterocycles. The fourth-order valence-corrected chi connectivity index (χ4v) is 2.65. The monoisotopic (exact) mass is 319 g/mol. The van der Waals surface area contributed by atoms with Gasteiger partial charge in [0, 0.05) is 0 Å². The number of rotatable bonds is 12. The van der Waals surface area contributed by atoms with Crippen LogP contribution in [0.4, 0.5) is 0 Å². The summed E-state index contributed by atoms with van der Waals surface area (Å²) in [6.45, 7) is 4.36. The smallest absolute Gasteiger partial charge is 0.328 e. The molecule has 0 aliphatic carbocycles. The number of unbranched alkanes of at least 4 members (excludes halogenated alkanes) is 6. The molecule has 0 aromatic heterocycles. The van der Waals surface area contributed by atoms with Crippen molar-refractivity contribution in [3.05, 3.63) is 29.8 Å². The maximum Gasteiger partial charge on any atom is 0.328 e. The van der Waals surface area contributed by atoms with Gasteiger partial charge >= 0.3 is 5.97 Å². The van der Waals surface area contributed by atoms with Crippen molar-refractivity contribution in [2.45, 2.75) is 84.1 Å². The van der Waals surface area contributed by atoms with Crippen molar-refractivity contribution in [2.75, 3.05) is 0 Å². The molecule has 130 valence electrons. The first-order valence-electron chi connectivity index (χ1n) is 9.24. The molecule has 0 aliphatic rings. The summed E-state index contributed by atoms with van der Waals surface area (Å²) in [6, 6.07) is 7.31. The summed E-state index contributed by atoms with van der Waals surface area (Å²) in [4.78, 5) is 12.1. The largest absolute Gasteiger partial charge is 0.425 e. The molecule has 0 saturated carbocycles. The van der Waals surface area contributed by atoms with Crippen LogP contribution in [-0.4, -0.2) is 12.0 Å². The summed E-state index contributed by atoms with van der Waals surface area (Å²) in [7, 11) is 0. The lowest BCUT2D eigenvalue weighted by Gasteiger charge is -2.14. The molecule has 23 heavy (non-hydrogen) atoms. The highest BCUT2D eigenvalue weighted by Gasteiger charge is 2.16. The Morgan fingerprint density at radius 2 is 1.65 bits per heavy atom. The van der Waals surface area contributed by atoms with Crippen molar-refractivity contribution >= 4 is 5.97 Å². The molecule has 0 radical (unpaired) electrons. The highest BCUT2D eigenvalue weighted by molar-refractivity contribution is 5.78. The minimum atomic E-state index is -0.515. The molecule has 0 spiro atoms. The quantitative estimate of drug-likeness (QED) is 0.334. The highest BCUT2D eigenvalue weighted by atomic mass is 16.5. The third-order valence-corrected chi connectivity index (χ3v) is 4.15. The number of esters is 1. The molecular formula is C20H33NO2. The van der Waals surface area contributed by atoms with Gasteiger partial charge in [0.15, 0.2) is 0 Å². The Bertz CT molecular complexity index is 445. The maximum absolute atomic E-state index is 12.1. The number of para-hydroxylation sites is 1. The number of carbonyl (C=O) groups is 1. The number of hydrogen-bond donors (Lipinski definition) is 1. The third-order valence-electron chi connectivity index (χ3n) is 4.15. The van der Waals surface area contributed by atoms with Crippen molar-refractivity contribution in [3.8, 4) is 5.75 Å². The first-order chi connectivity index (χ1) is 11.2.